The molecule has 0 radical (unpaired) electrons. The highest BCUT2D eigenvalue weighted by Crippen LogP contribution is 2.17. The van der Waals surface area contributed by atoms with Gasteiger partial charge in [0, 0.05) is 19.2 Å². The van der Waals surface area contributed by atoms with Crippen molar-refractivity contribution in [3.63, 3.8) is 0 Å². The van der Waals surface area contributed by atoms with E-state index in [2.05, 4.69) is 19.2 Å². The number of rotatable bonds is 7. The van der Waals surface area contributed by atoms with Crippen molar-refractivity contribution in [1.82, 2.24) is 5.32 Å². The summed E-state index contributed by atoms with van der Waals surface area (Å²) in [4.78, 5) is 0. The van der Waals surface area contributed by atoms with Crippen LogP contribution in [0.15, 0.2) is 0 Å². The lowest BCUT2D eigenvalue weighted by Gasteiger charge is -2.26. The zero-order valence-corrected chi connectivity index (χ0v) is 11.0. The fraction of sp³-hybridized carbons (Fsp3) is 1.00. The smallest absolute Gasteiger partial charge is 0.0743 e. The molecule has 0 saturated carbocycles. The molecule has 96 valence electrons. The van der Waals surface area contributed by atoms with E-state index in [0.717, 1.165) is 25.9 Å². The Morgan fingerprint density at radius 2 is 2.31 bits per heavy atom. The van der Waals surface area contributed by atoms with E-state index >= 15 is 0 Å². The average Bonchev–Trinajstić information content (AvgIpc) is 2.68. The largest absolute Gasteiger partial charge is 0.389 e. The second-order valence-corrected chi connectivity index (χ2v) is 5.40. The highest BCUT2D eigenvalue weighted by atomic mass is 16.5. The van der Waals surface area contributed by atoms with Crippen molar-refractivity contribution in [2.75, 3.05) is 13.2 Å². The Bertz CT molecular complexity index is 188. The van der Waals surface area contributed by atoms with Gasteiger partial charge < -0.3 is 15.2 Å². The molecule has 3 atom stereocenters. The van der Waals surface area contributed by atoms with Crippen LogP contribution in [0.3, 0.4) is 0 Å². The maximum atomic E-state index is 10.0. The summed E-state index contributed by atoms with van der Waals surface area (Å²) in [5.41, 5.74) is -0.570. The minimum atomic E-state index is -0.570. The zero-order valence-electron chi connectivity index (χ0n) is 11.0. The van der Waals surface area contributed by atoms with Gasteiger partial charge in [-0.25, -0.2) is 0 Å². The fourth-order valence-electron chi connectivity index (χ4n) is 2.33. The molecule has 3 unspecified atom stereocenters. The van der Waals surface area contributed by atoms with Crippen molar-refractivity contribution >= 4 is 0 Å². The third-order valence-electron chi connectivity index (χ3n) is 3.26. The molecule has 1 saturated heterocycles. The normalized spacial score (nSPS) is 26.6. The number of hydrogen-bond acceptors (Lipinski definition) is 3. The summed E-state index contributed by atoms with van der Waals surface area (Å²) in [5.74, 6) is 0. The van der Waals surface area contributed by atoms with E-state index < -0.39 is 5.60 Å². The maximum Gasteiger partial charge on any atom is 0.0743 e. The SMILES string of the molecule is CCCC(C)(O)CNC(C)CC1CCCO1. The average molecular weight is 229 g/mol. The van der Waals surface area contributed by atoms with Crippen molar-refractivity contribution < 1.29 is 9.84 Å². The van der Waals surface area contributed by atoms with Crippen molar-refractivity contribution in [3.8, 4) is 0 Å². The van der Waals surface area contributed by atoms with Crippen LogP contribution in [-0.2, 0) is 4.74 Å². The van der Waals surface area contributed by atoms with Gasteiger partial charge in [0.05, 0.1) is 11.7 Å². The summed E-state index contributed by atoms with van der Waals surface area (Å²) in [7, 11) is 0. The molecule has 0 bridgehead atoms. The Morgan fingerprint density at radius 3 is 2.88 bits per heavy atom. The first kappa shape index (κ1) is 13.9. The lowest BCUT2D eigenvalue weighted by Crippen LogP contribution is -2.42. The Labute approximate surface area is 99.6 Å². The van der Waals surface area contributed by atoms with Gasteiger partial charge in [-0.05, 0) is 39.5 Å². The molecule has 1 rings (SSSR count). The third-order valence-corrected chi connectivity index (χ3v) is 3.26. The minimum absolute atomic E-state index is 0.423. The topological polar surface area (TPSA) is 41.5 Å². The molecule has 1 fully saturated rings. The van der Waals surface area contributed by atoms with Gasteiger partial charge >= 0.3 is 0 Å². The van der Waals surface area contributed by atoms with E-state index in [1.165, 1.54) is 12.8 Å². The number of nitrogens with one attached hydrogen (secondary N) is 1. The molecule has 1 heterocycles. The molecule has 0 amide bonds. The molecular formula is C13H27NO2. The van der Waals surface area contributed by atoms with E-state index in [4.69, 9.17) is 4.74 Å². The van der Waals surface area contributed by atoms with Crippen molar-refractivity contribution in [1.29, 1.82) is 0 Å². The van der Waals surface area contributed by atoms with Crippen LogP contribution >= 0.6 is 0 Å². The molecule has 0 aromatic carbocycles. The first-order chi connectivity index (χ1) is 7.53. The summed E-state index contributed by atoms with van der Waals surface area (Å²) in [5, 5.41) is 13.4. The molecule has 16 heavy (non-hydrogen) atoms. The predicted octanol–water partition coefficient (Wildman–Crippen LogP) is 2.08. The highest BCUT2D eigenvalue weighted by molar-refractivity contribution is 4.78. The molecule has 0 aromatic heterocycles. The minimum Gasteiger partial charge on any atom is -0.389 e. The van der Waals surface area contributed by atoms with Gasteiger partial charge in [0.1, 0.15) is 0 Å². The Balaban J connectivity index is 2.15. The Morgan fingerprint density at radius 1 is 1.56 bits per heavy atom. The molecule has 3 nitrogen and oxygen atoms in total. The summed E-state index contributed by atoms with van der Waals surface area (Å²) >= 11 is 0. The molecule has 0 aromatic rings. The van der Waals surface area contributed by atoms with Crippen LogP contribution in [0.25, 0.3) is 0 Å². The van der Waals surface area contributed by atoms with Gasteiger partial charge in [-0.2, -0.15) is 0 Å². The van der Waals surface area contributed by atoms with Gasteiger partial charge in [-0.15, -0.1) is 0 Å². The summed E-state index contributed by atoms with van der Waals surface area (Å²) in [6.07, 6.45) is 5.75. The van der Waals surface area contributed by atoms with Crippen LogP contribution in [0.4, 0.5) is 0 Å². The third kappa shape index (κ3) is 5.28. The maximum absolute atomic E-state index is 10.0. The van der Waals surface area contributed by atoms with Crippen LogP contribution in [0.1, 0.15) is 52.9 Å². The molecule has 3 heteroatoms. The van der Waals surface area contributed by atoms with E-state index in [-0.39, 0.29) is 0 Å². The molecule has 1 aliphatic heterocycles. The highest BCUT2D eigenvalue weighted by Gasteiger charge is 2.22. The van der Waals surface area contributed by atoms with Crippen LogP contribution in [-0.4, -0.2) is 36.0 Å². The van der Waals surface area contributed by atoms with E-state index in [1.54, 1.807) is 0 Å². The second-order valence-electron chi connectivity index (χ2n) is 5.40. The Hall–Kier alpha value is -0.120. The molecule has 1 aliphatic rings. The van der Waals surface area contributed by atoms with Gasteiger partial charge in [0.25, 0.3) is 0 Å². The summed E-state index contributed by atoms with van der Waals surface area (Å²) < 4.78 is 5.60. The van der Waals surface area contributed by atoms with E-state index in [1.807, 2.05) is 6.92 Å². The van der Waals surface area contributed by atoms with Crippen LogP contribution in [0.5, 0.6) is 0 Å². The standard InChI is InChI=1S/C13H27NO2/c1-4-7-13(3,15)10-14-11(2)9-12-6-5-8-16-12/h11-12,14-15H,4-10H2,1-3H3. The predicted molar refractivity (Wildman–Crippen MR) is 66.6 cm³/mol. The second kappa shape index (κ2) is 6.58. The van der Waals surface area contributed by atoms with Crippen LogP contribution in [0.2, 0.25) is 0 Å². The number of aliphatic hydroxyl groups is 1. The Kier molecular flexibility index (Phi) is 5.73. The van der Waals surface area contributed by atoms with Gasteiger partial charge in [0.15, 0.2) is 0 Å². The molecular weight excluding hydrogens is 202 g/mol. The van der Waals surface area contributed by atoms with Gasteiger partial charge in [0.2, 0.25) is 0 Å². The van der Waals surface area contributed by atoms with E-state index in [0.29, 0.717) is 18.7 Å². The van der Waals surface area contributed by atoms with Gasteiger partial charge in [-0.1, -0.05) is 13.3 Å². The first-order valence-corrected chi connectivity index (χ1v) is 6.61. The molecule has 2 N–H and O–H groups in total. The quantitative estimate of drug-likeness (QED) is 0.702. The summed E-state index contributed by atoms with van der Waals surface area (Å²) in [6, 6.07) is 0.423. The summed E-state index contributed by atoms with van der Waals surface area (Å²) in [6.45, 7) is 7.77. The monoisotopic (exact) mass is 229 g/mol. The lowest BCUT2D eigenvalue weighted by atomic mass is 10.00. The zero-order chi connectivity index (χ0) is 12.0. The molecule has 0 aliphatic carbocycles. The van der Waals surface area contributed by atoms with E-state index in [9.17, 15) is 5.11 Å². The van der Waals surface area contributed by atoms with Crippen molar-refractivity contribution in [2.24, 2.45) is 0 Å². The number of ether oxygens (including phenoxy) is 1. The van der Waals surface area contributed by atoms with Crippen LogP contribution < -0.4 is 5.32 Å². The molecule has 0 spiro atoms. The number of hydrogen-bond donors (Lipinski definition) is 2. The van der Waals surface area contributed by atoms with Crippen LogP contribution in [0, 0.1) is 0 Å². The van der Waals surface area contributed by atoms with Gasteiger partial charge in [-0.3, -0.25) is 0 Å². The lowest BCUT2D eigenvalue weighted by molar-refractivity contribution is 0.0433. The van der Waals surface area contributed by atoms with Crippen molar-refractivity contribution in [3.05, 3.63) is 0 Å². The fourth-order valence-corrected chi connectivity index (χ4v) is 2.33. The first-order valence-electron chi connectivity index (χ1n) is 6.61. The van der Waals surface area contributed by atoms with Crippen molar-refractivity contribution in [2.45, 2.75) is 70.6 Å².